The van der Waals surface area contributed by atoms with Crippen LogP contribution in [0.3, 0.4) is 0 Å². The SMILES string of the molecule is CCOC(=O)[C@H]1[C@@H]2O[C@@]3(CC2Br)[C@@H]1C(=O)N(CCCCO)[C@@H]3C(=O)Nc1cc(C)ccc1C. The molecule has 180 valence electrons. The molecule has 3 aliphatic heterocycles. The number of benzene rings is 1. The van der Waals surface area contributed by atoms with Gasteiger partial charge in [-0.05, 0) is 57.2 Å². The first kappa shape index (κ1) is 24.2. The van der Waals surface area contributed by atoms with Crippen LogP contribution >= 0.6 is 15.9 Å². The molecule has 1 spiro atoms. The van der Waals surface area contributed by atoms with E-state index in [4.69, 9.17) is 9.47 Å². The van der Waals surface area contributed by atoms with E-state index >= 15 is 0 Å². The molecule has 2 N–H and O–H groups in total. The highest BCUT2D eigenvalue weighted by molar-refractivity contribution is 9.09. The van der Waals surface area contributed by atoms with Crippen LogP contribution < -0.4 is 5.32 Å². The monoisotopic (exact) mass is 522 g/mol. The summed E-state index contributed by atoms with van der Waals surface area (Å²) >= 11 is 3.63. The van der Waals surface area contributed by atoms with Crippen molar-refractivity contribution in [3.8, 4) is 0 Å². The second-order valence-corrected chi connectivity index (χ2v) is 10.4. The number of aliphatic hydroxyl groups is 1. The van der Waals surface area contributed by atoms with Crippen LogP contribution in [-0.2, 0) is 23.9 Å². The number of ether oxygens (including phenoxy) is 2. The van der Waals surface area contributed by atoms with E-state index in [0.29, 0.717) is 31.5 Å². The number of nitrogens with one attached hydrogen (secondary N) is 1. The summed E-state index contributed by atoms with van der Waals surface area (Å²) in [6.07, 6.45) is 0.988. The fourth-order valence-corrected chi connectivity index (χ4v) is 6.59. The van der Waals surface area contributed by atoms with E-state index < -0.39 is 35.6 Å². The second-order valence-electron chi connectivity index (χ2n) is 9.19. The van der Waals surface area contributed by atoms with Gasteiger partial charge in [0.2, 0.25) is 11.8 Å². The number of unbranched alkanes of at least 4 members (excludes halogenated alkanes) is 1. The molecule has 1 aromatic rings. The van der Waals surface area contributed by atoms with E-state index in [1.54, 1.807) is 11.8 Å². The predicted octanol–water partition coefficient (Wildman–Crippen LogP) is 2.33. The third kappa shape index (κ3) is 3.98. The number of carbonyl (C=O) groups excluding carboxylic acids is 3. The first-order chi connectivity index (χ1) is 15.7. The normalized spacial score (nSPS) is 32.2. The zero-order valence-electron chi connectivity index (χ0n) is 19.2. The highest BCUT2D eigenvalue weighted by Gasteiger charge is 2.76. The van der Waals surface area contributed by atoms with E-state index in [1.165, 1.54) is 0 Å². The Morgan fingerprint density at radius 2 is 2.09 bits per heavy atom. The maximum absolute atomic E-state index is 13.7. The van der Waals surface area contributed by atoms with Gasteiger partial charge in [-0.15, -0.1) is 0 Å². The molecule has 0 radical (unpaired) electrons. The molecule has 2 amide bonds. The summed E-state index contributed by atoms with van der Waals surface area (Å²) in [7, 11) is 0. The number of nitrogens with zero attached hydrogens (tertiary/aromatic N) is 1. The molecule has 3 aliphatic rings. The summed E-state index contributed by atoms with van der Waals surface area (Å²) in [4.78, 5) is 41.6. The minimum absolute atomic E-state index is 0.00342. The lowest BCUT2D eigenvalue weighted by molar-refractivity contribution is -0.154. The molecular weight excluding hydrogens is 492 g/mol. The summed E-state index contributed by atoms with van der Waals surface area (Å²) in [5.74, 6) is -2.56. The molecule has 8 nitrogen and oxygen atoms in total. The van der Waals surface area contributed by atoms with Crippen molar-refractivity contribution in [2.75, 3.05) is 25.1 Å². The zero-order valence-corrected chi connectivity index (χ0v) is 20.8. The molecule has 6 atom stereocenters. The van der Waals surface area contributed by atoms with Gasteiger partial charge in [0, 0.05) is 23.7 Å². The van der Waals surface area contributed by atoms with Gasteiger partial charge < -0.3 is 24.8 Å². The zero-order chi connectivity index (χ0) is 23.9. The first-order valence-electron chi connectivity index (χ1n) is 11.5. The number of halogens is 1. The van der Waals surface area contributed by atoms with Crippen LogP contribution in [0.1, 0.15) is 37.3 Å². The molecule has 9 heteroatoms. The van der Waals surface area contributed by atoms with Gasteiger partial charge in [-0.1, -0.05) is 28.1 Å². The summed E-state index contributed by atoms with van der Waals surface area (Å²) in [6, 6.07) is 4.93. The molecule has 4 rings (SSSR count). The number of carbonyl (C=O) groups is 3. The second kappa shape index (κ2) is 9.35. The Balaban J connectivity index is 1.71. The van der Waals surface area contributed by atoms with E-state index in [0.717, 1.165) is 11.1 Å². The quantitative estimate of drug-likeness (QED) is 0.308. The number of aryl methyl sites for hydroxylation is 2. The highest BCUT2D eigenvalue weighted by Crippen LogP contribution is 2.60. The number of aliphatic hydroxyl groups excluding tert-OH is 1. The molecule has 1 unspecified atom stereocenters. The average molecular weight is 523 g/mol. The van der Waals surface area contributed by atoms with Crippen LogP contribution in [0.5, 0.6) is 0 Å². The minimum Gasteiger partial charge on any atom is -0.466 e. The van der Waals surface area contributed by atoms with E-state index in [9.17, 15) is 19.5 Å². The molecule has 0 saturated carbocycles. The van der Waals surface area contributed by atoms with Crippen molar-refractivity contribution < 1.29 is 29.0 Å². The highest BCUT2D eigenvalue weighted by atomic mass is 79.9. The molecule has 0 aliphatic carbocycles. The van der Waals surface area contributed by atoms with Crippen LogP contribution in [-0.4, -0.2) is 70.1 Å². The number of hydrogen-bond donors (Lipinski definition) is 2. The first-order valence-corrected chi connectivity index (χ1v) is 12.4. The van der Waals surface area contributed by atoms with Gasteiger partial charge >= 0.3 is 5.97 Å². The molecule has 3 saturated heterocycles. The van der Waals surface area contributed by atoms with E-state index in [-0.39, 0.29) is 29.9 Å². The van der Waals surface area contributed by atoms with Crippen molar-refractivity contribution in [1.29, 1.82) is 0 Å². The molecule has 33 heavy (non-hydrogen) atoms. The molecule has 1 aromatic carbocycles. The van der Waals surface area contributed by atoms with Gasteiger partial charge in [-0.3, -0.25) is 14.4 Å². The molecule has 3 heterocycles. The number of fused-ring (bicyclic) bond motifs is 1. The van der Waals surface area contributed by atoms with Gasteiger partial charge in [-0.2, -0.15) is 0 Å². The number of amides is 2. The predicted molar refractivity (Wildman–Crippen MR) is 125 cm³/mol. The minimum atomic E-state index is -1.10. The number of rotatable bonds is 8. The Kier molecular flexibility index (Phi) is 6.85. The van der Waals surface area contributed by atoms with Crippen molar-refractivity contribution in [2.45, 2.75) is 62.6 Å². The van der Waals surface area contributed by atoms with Crippen molar-refractivity contribution in [3.05, 3.63) is 29.3 Å². The number of alkyl halides is 1. The Morgan fingerprint density at radius 3 is 2.79 bits per heavy atom. The van der Waals surface area contributed by atoms with Gasteiger partial charge in [0.1, 0.15) is 11.6 Å². The smallest absolute Gasteiger partial charge is 0.312 e. The van der Waals surface area contributed by atoms with Crippen molar-refractivity contribution in [3.63, 3.8) is 0 Å². The van der Waals surface area contributed by atoms with Gasteiger partial charge in [0.25, 0.3) is 0 Å². The van der Waals surface area contributed by atoms with Crippen molar-refractivity contribution in [1.82, 2.24) is 4.90 Å². The Morgan fingerprint density at radius 1 is 1.33 bits per heavy atom. The Hall–Kier alpha value is -1.97. The maximum Gasteiger partial charge on any atom is 0.312 e. The van der Waals surface area contributed by atoms with Gasteiger partial charge in [0.15, 0.2) is 0 Å². The summed E-state index contributed by atoms with van der Waals surface area (Å²) in [5.41, 5.74) is 1.51. The number of anilines is 1. The summed E-state index contributed by atoms with van der Waals surface area (Å²) < 4.78 is 11.7. The molecule has 2 bridgehead atoms. The largest absolute Gasteiger partial charge is 0.466 e. The molecule has 0 aromatic heterocycles. The fourth-order valence-electron chi connectivity index (χ4n) is 5.64. The number of hydrogen-bond acceptors (Lipinski definition) is 6. The number of esters is 1. The molecular formula is C24H31BrN2O6. The summed E-state index contributed by atoms with van der Waals surface area (Å²) in [6.45, 7) is 6.11. The van der Waals surface area contributed by atoms with Crippen molar-refractivity contribution >= 4 is 39.4 Å². The van der Waals surface area contributed by atoms with Crippen LogP contribution in [0, 0.1) is 25.7 Å². The van der Waals surface area contributed by atoms with Gasteiger partial charge in [0.05, 0.1) is 24.5 Å². The molecule has 3 fully saturated rings. The number of likely N-dealkylation sites (tertiary alicyclic amines) is 1. The summed E-state index contributed by atoms with van der Waals surface area (Å²) in [5, 5.41) is 12.2. The van der Waals surface area contributed by atoms with Crippen molar-refractivity contribution in [2.24, 2.45) is 11.8 Å². The topological polar surface area (TPSA) is 105 Å². The van der Waals surface area contributed by atoms with E-state index in [2.05, 4.69) is 21.2 Å². The lowest BCUT2D eigenvalue weighted by atomic mass is 9.70. The third-order valence-electron chi connectivity index (χ3n) is 7.05. The van der Waals surface area contributed by atoms with Crippen LogP contribution in [0.2, 0.25) is 0 Å². The lowest BCUT2D eigenvalue weighted by Crippen LogP contribution is -2.54. The fraction of sp³-hybridized carbons (Fsp3) is 0.625. The average Bonchev–Trinajstić information content (AvgIpc) is 3.35. The lowest BCUT2D eigenvalue weighted by Gasteiger charge is -2.34. The Labute approximate surface area is 202 Å². The van der Waals surface area contributed by atoms with Crippen LogP contribution in [0.4, 0.5) is 5.69 Å². The Bertz CT molecular complexity index is 955. The van der Waals surface area contributed by atoms with Crippen LogP contribution in [0.15, 0.2) is 18.2 Å². The maximum atomic E-state index is 13.7. The van der Waals surface area contributed by atoms with E-state index in [1.807, 2.05) is 32.0 Å². The standard InChI is InChI=1S/C24H31BrN2O6/c1-4-32-23(31)17-18-22(30)27(9-5-6-10-28)20(24(18)12-15(25)19(17)33-24)21(29)26-16-11-13(2)7-8-14(16)3/h7-8,11,15,17-20,28H,4-6,9-10,12H2,1-3H3,(H,26,29)/t15?,17-,18+,19-,20-,24+/m1/s1. The third-order valence-corrected chi connectivity index (χ3v) is 7.90. The van der Waals surface area contributed by atoms with Gasteiger partial charge in [-0.25, -0.2) is 0 Å². The van der Waals surface area contributed by atoms with Crippen LogP contribution in [0.25, 0.3) is 0 Å².